The molecule has 1 amide bonds. The number of amides is 1. The summed E-state index contributed by atoms with van der Waals surface area (Å²) in [7, 11) is 0. The van der Waals surface area contributed by atoms with Crippen molar-refractivity contribution in [2.45, 2.75) is 25.3 Å². The van der Waals surface area contributed by atoms with Gasteiger partial charge in [0.15, 0.2) is 23.3 Å². The molecule has 14 heteroatoms. The molecule has 0 spiro atoms. The van der Waals surface area contributed by atoms with Crippen LogP contribution < -0.4 is 16.8 Å². The summed E-state index contributed by atoms with van der Waals surface area (Å²) in [5, 5.41) is 2.34. The molecule has 0 bridgehead atoms. The van der Waals surface area contributed by atoms with Gasteiger partial charge in [0.1, 0.15) is 5.56 Å². The Hall–Kier alpha value is -4.09. The molecule has 5 N–H and O–H groups in total. The maximum absolute atomic E-state index is 14.4. The Morgan fingerprint density at radius 1 is 0.816 bits per heavy atom. The lowest BCUT2D eigenvalue weighted by Crippen LogP contribution is -2.35. The fraction of sp³-hybridized carbons (Fsp3) is 0.208. The second kappa shape index (κ2) is 12.0. The lowest BCUT2D eigenvalue weighted by atomic mass is 10.0. The summed E-state index contributed by atoms with van der Waals surface area (Å²) in [6.45, 7) is 0.362. The average molecular weight is 543 g/mol. The van der Waals surface area contributed by atoms with Crippen molar-refractivity contribution in [2.75, 3.05) is 11.9 Å². The number of carbonyl (C=O) groups excluding carboxylic acids is 1. The Bertz CT molecular complexity index is 1400. The van der Waals surface area contributed by atoms with Crippen molar-refractivity contribution in [1.82, 2.24) is 9.97 Å². The highest BCUT2D eigenvalue weighted by atomic mass is 19.2. The fourth-order valence-electron chi connectivity index (χ4n) is 3.26. The molecule has 2 aromatic heterocycles. The number of anilines is 1. The SMILES string of the molecule is NCCCCC(N)C(=O)Nc1cc(C#Cc2c(F)c(F)nc(F)c2F)cc(-c2c(F)c(F)nc(F)c2F)c1. The van der Waals surface area contributed by atoms with Crippen molar-refractivity contribution < 1.29 is 39.9 Å². The number of hydrogen-bond acceptors (Lipinski definition) is 5. The zero-order chi connectivity index (χ0) is 28.1. The van der Waals surface area contributed by atoms with Gasteiger partial charge in [-0.05, 0) is 43.1 Å². The van der Waals surface area contributed by atoms with Crippen LogP contribution in [0.2, 0.25) is 0 Å². The Morgan fingerprint density at radius 3 is 1.92 bits per heavy atom. The van der Waals surface area contributed by atoms with E-state index in [9.17, 15) is 39.9 Å². The first-order valence-corrected chi connectivity index (χ1v) is 10.8. The van der Waals surface area contributed by atoms with Crippen molar-refractivity contribution in [3.63, 3.8) is 0 Å². The second-order valence-electron chi connectivity index (χ2n) is 7.82. The summed E-state index contributed by atoms with van der Waals surface area (Å²) in [6.07, 6.45) is 1.30. The Balaban J connectivity index is 2.13. The maximum Gasteiger partial charge on any atom is 0.253 e. The number of carbonyl (C=O) groups is 1. The molecule has 0 saturated carbocycles. The van der Waals surface area contributed by atoms with E-state index in [2.05, 4.69) is 21.2 Å². The van der Waals surface area contributed by atoms with Gasteiger partial charge in [-0.3, -0.25) is 4.79 Å². The predicted octanol–water partition coefficient (Wildman–Crippen LogP) is 4.05. The second-order valence-corrected chi connectivity index (χ2v) is 7.82. The van der Waals surface area contributed by atoms with E-state index in [1.807, 2.05) is 5.92 Å². The molecule has 1 unspecified atom stereocenters. The number of halogens is 8. The molecule has 6 nitrogen and oxygen atoms in total. The van der Waals surface area contributed by atoms with Crippen LogP contribution in [0.5, 0.6) is 0 Å². The van der Waals surface area contributed by atoms with Gasteiger partial charge in [-0.25, -0.2) is 17.6 Å². The highest BCUT2D eigenvalue weighted by Crippen LogP contribution is 2.31. The van der Waals surface area contributed by atoms with Crippen LogP contribution in [-0.2, 0) is 4.79 Å². The summed E-state index contributed by atoms with van der Waals surface area (Å²) < 4.78 is 111. The first kappa shape index (κ1) is 28.5. The first-order valence-electron chi connectivity index (χ1n) is 10.8. The molecular formula is C24H17F8N5O. The van der Waals surface area contributed by atoms with Gasteiger partial charge < -0.3 is 16.8 Å². The Kier molecular flexibility index (Phi) is 8.97. The van der Waals surface area contributed by atoms with Crippen LogP contribution in [0.25, 0.3) is 11.1 Å². The number of aromatic nitrogens is 2. The van der Waals surface area contributed by atoms with E-state index in [0.29, 0.717) is 19.4 Å². The molecular weight excluding hydrogens is 526 g/mol. The smallest absolute Gasteiger partial charge is 0.253 e. The molecule has 0 fully saturated rings. The van der Waals surface area contributed by atoms with Gasteiger partial charge in [-0.15, -0.1) is 0 Å². The molecule has 0 aliphatic carbocycles. The zero-order valence-corrected chi connectivity index (χ0v) is 19.1. The van der Waals surface area contributed by atoms with E-state index in [1.54, 1.807) is 0 Å². The molecule has 0 aliphatic rings. The van der Waals surface area contributed by atoms with E-state index < -0.39 is 75.7 Å². The van der Waals surface area contributed by atoms with Crippen molar-refractivity contribution in [1.29, 1.82) is 0 Å². The molecule has 3 rings (SSSR count). The topological polar surface area (TPSA) is 107 Å². The molecule has 0 saturated heterocycles. The van der Waals surface area contributed by atoms with E-state index in [1.165, 1.54) is 0 Å². The summed E-state index contributed by atoms with van der Waals surface area (Å²) in [4.78, 5) is 17.3. The monoisotopic (exact) mass is 543 g/mol. The fourth-order valence-corrected chi connectivity index (χ4v) is 3.26. The van der Waals surface area contributed by atoms with E-state index >= 15 is 0 Å². The number of unbranched alkanes of at least 4 members (excludes halogenated alkanes) is 1. The minimum absolute atomic E-state index is 0.219. The van der Waals surface area contributed by atoms with Gasteiger partial charge in [0.05, 0.1) is 11.6 Å². The number of nitrogens with zero attached hydrogens (tertiary/aromatic N) is 2. The van der Waals surface area contributed by atoms with Gasteiger partial charge in [0.2, 0.25) is 5.91 Å². The number of nitrogens with one attached hydrogen (secondary N) is 1. The zero-order valence-electron chi connectivity index (χ0n) is 19.1. The largest absolute Gasteiger partial charge is 0.330 e. The van der Waals surface area contributed by atoms with Crippen LogP contribution in [0, 0.1) is 58.9 Å². The third kappa shape index (κ3) is 6.24. The molecule has 2 heterocycles. The molecule has 0 aliphatic heterocycles. The first-order chi connectivity index (χ1) is 17.9. The third-order valence-corrected chi connectivity index (χ3v) is 5.12. The molecule has 0 radical (unpaired) electrons. The van der Waals surface area contributed by atoms with Crippen molar-refractivity contribution in [2.24, 2.45) is 11.5 Å². The molecule has 200 valence electrons. The van der Waals surface area contributed by atoms with Crippen LogP contribution in [0.3, 0.4) is 0 Å². The maximum atomic E-state index is 14.4. The lowest BCUT2D eigenvalue weighted by Gasteiger charge is -2.14. The molecule has 1 atom stereocenters. The number of hydrogen-bond donors (Lipinski definition) is 3. The summed E-state index contributed by atoms with van der Waals surface area (Å²) >= 11 is 0. The quantitative estimate of drug-likeness (QED) is 0.181. The van der Waals surface area contributed by atoms with Crippen LogP contribution in [-0.4, -0.2) is 28.5 Å². The highest BCUT2D eigenvalue weighted by Gasteiger charge is 2.24. The number of rotatable bonds is 7. The van der Waals surface area contributed by atoms with Gasteiger partial charge in [-0.2, -0.15) is 27.5 Å². The highest BCUT2D eigenvalue weighted by molar-refractivity contribution is 5.95. The normalized spacial score (nSPS) is 11.6. The van der Waals surface area contributed by atoms with Crippen molar-refractivity contribution in [3.8, 4) is 23.0 Å². The van der Waals surface area contributed by atoms with Crippen molar-refractivity contribution >= 4 is 11.6 Å². The van der Waals surface area contributed by atoms with Gasteiger partial charge in [0, 0.05) is 11.3 Å². The summed E-state index contributed by atoms with van der Waals surface area (Å²) in [5.41, 5.74) is 7.44. The number of pyridine rings is 2. The van der Waals surface area contributed by atoms with Crippen molar-refractivity contribution in [3.05, 3.63) is 76.4 Å². The van der Waals surface area contributed by atoms with Gasteiger partial charge in [0.25, 0.3) is 23.8 Å². The lowest BCUT2D eigenvalue weighted by molar-refractivity contribution is -0.117. The van der Waals surface area contributed by atoms with Crippen LogP contribution in [0.1, 0.15) is 30.4 Å². The molecule has 3 aromatic rings. The minimum Gasteiger partial charge on any atom is -0.330 e. The predicted molar refractivity (Wildman–Crippen MR) is 119 cm³/mol. The summed E-state index contributed by atoms with van der Waals surface area (Å²) in [6, 6.07) is 1.76. The Labute approximate surface area is 210 Å². The van der Waals surface area contributed by atoms with Gasteiger partial charge >= 0.3 is 0 Å². The standard InChI is InChI=1S/C24H17F8N5O/c25-16-13(17(26)21(30)36-20(16)29)5-4-10-7-11(15-18(27)22(31)37-23(32)19(15)28)9-12(8-10)35-24(38)14(34)3-1-2-6-33/h7-9,14H,1-3,6,33-34H2,(H,35,38). The minimum atomic E-state index is -1.98. The number of nitrogens with two attached hydrogens (primary N) is 2. The Morgan fingerprint density at radius 2 is 1.37 bits per heavy atom. The van der Waals surface area contributed by atoms with Crippen LogP contribution in [0.15, 0.2) is 18.2 Å². The van der Waals surface area contributed by atoms with Gasteiger partial charge in [-0.1, -0.05) is 18.3 Å². The van der Waals surface area contributed by atoms with E-state index in [-0.39, 0.29) is 17.7 Å². The van der Waals surface area contributed by atoms with E-state index in [0.717, 1.165) is 18.2 Å². The average Bonchev–Trinajstić information content (AvgIpc) is 2.86. The van der Waals surface area contributed by atoms with Crippen LogP contribution >= 0.6 is 0 Å². The van der Waals surface area contributed by atoms with Crippen LogP contribution in [0.4, 0.5) is 40.8 Å². The number of benzene rings is 1. The summed E-state index contributed by atoms with van der Waals surface area (Å²) in [5.74, 6) is -12.3. The van der Waals surface area contributed by atoms with E-state index in [4.69, 9.17) is 11.5 Å². The molecule has 1 aromatic carbocycles. The third-order valence-electron chi connectivity index (χ3n) is 5.12. The molecule has 38 heavy (non-hydrogen) atoms.